The summed E-state index contributed by atoms with van der Waals surface area (Å²) in [6.45, 7) is 0.288. The van der Waals surface area contributed by atoms with Crippen molar-refractivity contribution in [2.24, 2.45) is 0 Å². The van der Waals surface area contributed by atoms with Gasteiger partial charge in [0.15, 0.2) is 5.43 Å². The molecule has 0 spiro atoms. The van der Waals surface area contributed by atoms with Gasteiger partial charge < -0.3 is 9.88 Å². The Labute approximate surface area is 81.6 Å². The van der Waals surface area contributed by atoms with E-state index in [1.807, 2.05) is 0 Å². The molecule has 1 fully saturated rings. The normalized spacial score (nSPS) is 15.1. The van der Waals surface area contributed by atoms with E-state index in [1.165, 1.54) is 12.1 Å². The molecular formula is C10H12N2O2. The first-order valence-electron chi connectivity index (χ1n) is 4.69. The number of hydrogen-bond donors (Lipinski definition) is 1. The molecule has 2 rings (SSSR count). The van der Waals surface area contributed by atoms with Crippen LogP contribution < -0.4 is 10.7 Å². The van der Waals surface area contributed by atoms with E-state index in [4.69, 9.17) is 0 Å². The zero-order valence-corrected chi connectivity index (χ0v) is 7.77. The van der Waals surface area contributed by atoms with E-state index < -0.39 is 0 Å². The van der Waals surface area contributed by atoms with E-state index in [-0.39, 0.29) is 17.9 Å². The van der Waals surface area contributed by atoms with Crippen molar-refractivity contribution in [3.05, 3.63) is 34.7 Å². The van der Waals surface area contributed by atoms with Gasteiger partial charge in [0.1, 0.15) is 6.54 Å². The Morgan fingerprint density at radius 3 is 2.64 bits per heavy atom. The Kier molecular flexibility index (Phi) is 2.35. The number of nitrogens with one attached hydrogen (secondary N) is 1. The SMILES string of the molecule is O=C(Cn1ccc(=O)cc1)NC1CC1. The Morgan fingerprint density at radius 1 is 1.43 bits per heavy atom. The van der Waals surface area contributed by atoms with E-state index in [1.54, 1.807) is 17.0 Å². The van der Waals surface area contributed by atoms with Crippen LogP contribution in [0.3, 0.4) is 0 Å². The van der Waals surface area contributed by atoms with Crippen molar-refractivity contribution in [3.8, 4) is 0 Å². The largest absolute Gasteiger partial charge is 0.352 e. The van der Waals surface area contributed by atoms with Gasteiger partial charge in [0, 0.05) is 30.6 Å². The van der Waals surface area contributed by atoms with Crippen molar-refractivity contribution in [3.63, 3.8) is 0 Å². The fraction of sp³-hybridized carbons (Fsp3) is 0.400. The Balaban J connectivity index is 1.92. The van der Waals surface area contributed by atoms with Crippen molar-refractivity contribution in [1.29, 1.82) is 0 Å². The van der Waals surface area contributed by atoms with Gasteiger partial charge >= 0.3 is 0 Å². The molecule has 1 aromatic heterocycles. The highest BCUT2D eigenvalue weighted by Gasteiger charge is 2.22. The number of amides is 1. The topological polar surface area (TPSA) is 51.1 Å². The van der Waals surface area contributed by atoms with E-state index >= 15 is 0 Å². The molecule has 0 bridgehead atoms. The first-order valence-corrected chi connectivity index (χ1v) is 4.69. The van der Waals surface area contributed by atoms with E-state index in [9.17, 15) is 9.59 Å². The molecule has 1 aromatic rings. The summed E-state index contributed by atoms with van der Waals surface area (Å²) in [7, 11) is 0. The van der Waals surface area contributed by atoms with Crippen LogP contribution in [0.2, 0.25) is 0 Å². The molecule has 1 aliphatic carbocycles. The Hall–Kier alpha value is -1.58. The smallest absolute Gasteiger partial charge is 0.240 e. The lowest BCUT2D eigenvalue weighted by Crippen LogP contribution is -2.29. The van der Waals surface area contributed by atoms with E-state index in [2.05, 4.69) is 5.32 Å². The number of nitrogens with zero attached hydrogens (tertiary/aromatic N) is 1. The zero-order valence-electron chi connectivity index (χ0n) is 7.77. The minimum absolute atomic E-state index is 0.0103. The summed E-state index contributed by atoms with van der Waals surface area (Å²) >= 11 is 0. The molecule has 14 heavy (non-hydrogen) atoms. The molecular weight excluding hydrogens is 180 g/mol. The van der Waals surface area contributed by atoms with Gasteiger partial charge in [0.2, 0.25) is 5.91 Å². The Bertz CT molecular complexity index is 373. The van der Waals surface area contributed by atoms with Crippen molar-refractivity contribution in [2.75, 3.05) is 0 Å². The van der Waals surface area contributed by atoms with Crippen molar-refractivity contribution < 1.29 is 4.79 Å². The summed E-state index contributed by atoms with van der Waals surface area (Å²) in [5.74, 6) is 0.0103. The highest BCUT2D eigenvalue weighted by molar-refractivity contribution is 5.76. The molecule has 1 amide bonds. The fourth-order valence-electron chi connectivity index (χ4n) is 1.22. The molecule has 1 heterocycles. The monoisotopic (exact) mass is 192 g/mol. The molecule has 0 atom stereocenters. The van der Waals surface area contributed by atoms with Gasteiger partial charge in [-0.15, -0.1) is 0 Å². The van der Waals surface area contributed by atoms with Crippen LogP contribution in [0.1, 0.15) is 12.8 Å². The van der Waals surface area contributed by atoms with Crippen molar-refractivity contribution in [2.45, 2.75) is 25.4 Å². The molecule has 0 unspecified atom stereocenters. The molecule has 0 radical (unpaired) electrons. The summed E-state index contributed by atoms with van der Waals surface area (Å²) in [5.41, 5.74) is -0.0381. The number of hydrogen-bond acceptors (Lipinski definition) is 2. The summed E-state index contributed by atoms with van der Waals surface area (Å²) in [4.78, 5) is 22.1. The average Bonchev–Trinajstić information content (AvgIpc) is 2.93. The maximum Gasteiger partial charge on any atom is 0.240 e. The third-order valence-corrected chi connectivity index (χ3v) is 2.13. The van der Waals surface area contributed by atoms with Crippen LogP contribution in [0.15, 0.2) is 29.3 Å². The predicted octanol–water partition coefficient (Wildman–Crippen LogP) is 0.127. The van der Waals surface area contributed by atoms with E-state index in [0.717, 1.165) is 12.8 Å². The summed E-state index contributed by atoms with van der Waals surface area (Å²) in [6.07, 6.45) is 5.43. The first-order chi connectivity index (χ1) is 6.74. The van der Waals surface area contributed by atoms with Crippen molar-refractivity contribution >= 4 is 5.91 Å². The first kappa shape index (κ1) is 8.99. The number of aromatic nitrogens is 1. The molecule has 0 aliphatic heterocycles. The number of carbonyl (C=O) groups excluding carboxylic acids is 1. The molecule has 4 heteroatoms. The van der Waals surface area contributed by atoms with Gasteiger partial charge in [-0.05, 0) is 12.8 Å². The lowest BCUT2D eigenvalue weighted by atomic mass is 10.4. The van der Waals surface area contributed by atoms with Gasteiger partial charge in [0.25, 0.3) is 0 Å². The van der Waals surface area contributed by atoms with Crippen LogP contribution in [0.25, 0.3) is 0 Å². The average molecular weight is 192 g/mol. The quantitative estimate of drug-likeness (QED) is 0.740. The zero-order chi connectivity index (χ0) is 9.97. The number of pyridine rings is 1. The summed E-state index contributed by atoms with van der Waals surface area (Å²) < 4.78 is 1.69. The molecule has 0 saturated heterocycles. The predicted molar refractivity (Wildman–Crippen MR) is 51.9 cm³/mol. The third kappa shape index (κ3) is 2.45. The van der Waals surface area contributed by atoms with Gasteiger partial charge in [-0.25, -0.2) is 0 Å². The second-order valence-electron chi connectivity index (χ2n) is 3.55. The summed E-state index contributed by atoms with van der Waals surface area (Å²) in [6, 6.07) is 3.29. The molecule has 4 nitrogen and oxygen atoms in total. The molecule has 1 N–H and O–H groups in total. The van der Waals surface area contributed by atoms with Crippen LogP contribution in [0, 0.1) is 0 Å². The van der Waals surface area contributed by atoms with Gasteiger partial charge in [-0.1, -0.05) is 0 Å². The lowest BCUT2D eigenvalue weighted by Gasteiger charge is -2.05. The Morgan fingerprint density at radius 2 is 2.07 bits per heavy atom. The minimum atomic E-state index is -0.0381. The van der Waals surface area contributed by atoms with Crippen LogP contribution in [0.5, 0.6) is 0 Å². The van der Waals surface area contributed by atoms with Gasteiger partial charge in [0.05, 0.1) is 0 Å². The van der Waals surface area contributed by atoms with Crippen LogP contribution in [-0.2, 0) is 11.3 Å². The number of rotatable bonds is 3. The minimum Gasteiger partial charge on any atom is -0.352 e. The van der Waals surface area contributed by atoms with Crippen LogP contribution in [0.4, 0.5) is 0 Å². The maximum absolute atomic E-state index is 11.3. The molecule has 0 aromatic carbocycles. The standard InChI is InChI=1S/C10H12N2O2/c13-9-3-5-12(6-4-9)7-10(14)11-8-1-2-8/h3-6,8H,1-2,7H2,(H,11,14). The number of carbonyl (C=O) groups is 1. The molecule has 74 valence electrons. The maximum atomic E-state index is 11.3. The second-order valence-corrected chi connectivity index (χ2v) is 3.55. The third-order valence-electron chi connectivity index (χ3n) is 2.13. The molecule has 1 aliphatic rings. The van der Waals surface area contributed by atoms with Crippen LogP contribution in [-0.4, -0.2) is 16.5 Å². The van der Waals surface area contributed by atoms with Gasteiger partial charge in [-0.2, -0.15) is 0 Å². The second kappa shape index (κ2) is 3.65. The van der Waals surface area contributed by atoms with Crippen LogP contribution >= 0.6 is 0 Å². The van der Waals surface area contributed by atoms with E-state index in [0.29, 0.717) is 6.04 Å². The van der Waals surface area contributed by atoms with Gasteiger partial charge in [-0.3, -0.25) is 9.59 Å². The molecule has 1 saturated carbocycles. The highest BCUT2D eigenvalue weighted by Crippen LogP contribution is 2.18. The van der Waals surface area contributed by atoms with Crippen molar-refractivity contribution in [1.82, 2.24) is 9.88 Å². The summed E-state index contributed by atoms with van der Waals surface area (Å²) in [5, 5.41) is 2.88. The highest BCUT2D eigenvalue weighted by atomic mass is 16.2. The fourth-order valence-corrected chi connectivity index (χ4v) is 1.22. The lowest BCUT2D eigenvalue weighted by molar-refractivity contribution is -0.121.